The lowest BCUT2D eigenvalue weighted by atomic mass is 9.96. The Morgan fingerprint density at radius 3 is 1.92 bits per heavy atom. The van der Waals surface area contributed by atoms with Gasteiger partial charge in [0.1, 0.15) is 6.10 Å². The molecule has 2 amide bonds. The van der Waals surface area contributed by atoms with Crippen LogP contribution < -0.4 is 0 Å². The molecule has 0 spiro atoms. The molecule has 1 saturated heterocycles. The van der Waals surface area contributed by atoms with Crippen molar-refractivity contribution in [3.63, 3.8) is 0 Å². The molecule has 1 fully saturated rings. The third kappa shape index (κ3) is 3.57. The molecular weight excluding hydrogens is 318 g/mol. The van der Waals surface area contributed by atoms with Crippen molar-refractivity contribution in [1.29, 1.82) is 0 Å². The van der Waals surface area contributed by atoms with Gasteiger partial charge < -0.3 is 4.43 Å². The largest absolute Gasteiger partial charge is 0.402 e. The maximum atomic E-state index is 12.6. The van der Waals surface area contributed by atoms with Gasteiger partial charge in [-0.2, -0.15) is 0 Å². The van der Waals surface area contributed by atoms with Crippen molar-refractivity contribution in [2.45, 2.75) is 84.2 Å². The van der Waals surface area contributed by atoms with Crippen LogP contribution in [0.1, 0.15) is 55.4 Å². The second kappa shape index (κ2) is 7.79. The summed E-state index contributed by atoms with van der Waals surface area (Å²) < 4.78 is 6.63. The molecule has 1 aliphatic heterocycles. The minimum absolute atomic E-state index is 0.235. The summed E-state index contributed by atoms with van der Waals surface area (Å²) in [6, 6.07) is -0.323. The fraction of sp³-hybridized carbons (Fsp3) is 0.684. The third-order valence-corrected chi connectivity index (χ3v) is 11.1. The average Bonchev–Trinajstić information content (AvgIpc) is 2.45. The van der Waals surface area contributed by atoms with E-state index in [2.05, 4.69) is 48.1 Å². The lowest BCUT2D eigenvalue weighted by Crippen LogP contribution is -2.70. The Morgan fingerprint density at radius 1 is 1.12 bits per heavy atom. The van der Waals surface area contributed by atoms with E-state index < -0.39 is 14.4 Å². The zero-order valence-corrected chi connectivity index (χ0v) is 17.4. The Hall–Kier alpha value is -1.20. The fourth-order valence-corrected chi connectivity index (χ4v) is 9.59. The number of hydrogen-bond donors (Lipinski definition) is 0. The van der Waals surface area contributed by atoms with Crippen LogP contribution in [0.25, 0.3) is 0 Å². The molecule has 136 valence electrons. The maximum absolute atomic E-state index is 12.6. The summed E-state index contributed by atoms with van der Waals surface area (Å²) in [6.45, 7) is 20.6. The highest BCUT2D eigenvalue weighted by molar-refractivity contribution is 6.77. The quantitative estimate of drug-likeness (QED) is 0.295. The summed E-state index contributed by atoms with van der Waals surface area (Å²) in [4.78, 5) is 25.9. The third-order valence-electron chi connectivity index (χ3n) is 5.04. The molecule has 4 nitrogen and oxygen atoms in total. The molecule has 0 aromatic heterocycles. The van der Waals surface area contributed by atoms with Crippen molar-refractivity contribution in [1.82, 2.24) is 4.90 Å². The van der Waals surface area contributed by atoms with Crippen LogP contribution in [0.15, 0.2) is 24.3 Å². The van der Waals surface area contributed by atoms with Gasteiger partial charge in [0.15, 0.2) is 0 Å². The molecule has 0 aromatic rings. The van der Waals surface area contributed by atoms with E-state index in [0.717, 1.165) is 5.57 Å². The highest BCUT2D eigenvalue weighted by Crippen LogP contribution is 2.45. The van der Waals surface area contributed by atoms with Crippen LogP contribution in [0, 0.1) is 0 Å². The molecule has 0 saturated carbocycles. The molecule has 0 aromatic carbocycles. The molecule has 0 unspecified atom stereocenters. The first-order valence-corrected chi connectivity index (χ1v) is 11.0. The summed E-state index contributed by atoms with van der Waals surface area (Å²) >= 11 is 0. The van der Waals surface area contributed by atoms with Crippen molar-refractivity contribution in [3.05, 3.63) is 24.3 Å². The summed E-state index contributed by atoms with van der Waals surface area (Å²) in [5.74, 6) is -0.588. The number of allylic oxidation sites excluding steroid dienone is 1. The van der Waals surface area contributed by atoms with E-state index in [1.54, 1.807) is 0 Å². The second-order valence-corrected chi connectivity index (χ2v) is 13.2. The second-order valence-electron chi connectivity index (χ2n) is 7.84. The number of carbonyl (C=O) groups excluding carboxylic acids is 2. The molecule has 1 heterocycles. The standard InChI is InChI=1S/C19H33NO3Si/c1-10-17(21)20-16(11-12(2)3)18(19(20)22)23-24(13(4)5,14(6)7)15(8)9/h10-11,13-16,18H,1H2,2-9H3/t16-,18+/m0/s1. The van der Waals surface area contributed by atoms with Crippen LogP contribution in [-0.4, -0.2) is 37.2 Å². The van der Waals surface area contributed by atoms with Gasteiger partial charge in [0.2, 0.25) is 8.32 Å². The Bertz CT molecular complexity index is 511. The highest BCUT2D eigenvalue weighted by atomic mass is 28.4. The Labute approximate surface area is 148 Å². The highest BCUT2D eigenvalue weighted by Gasteiger charge is 2.56. The molecule has 2 atom stereocenters. The SMILES string of the molecule is C=CC(=O)N1C(=O)[C@H](O[Si](C(C)C)(C(C)C)C(C)C)[C@@H]1C=C(C)C. The first-order chi connectivity index (χ1) is 11.0. The normalized spacial score (nSPS) is 21.3. The van der Waals surface area contributed by atoms with Crippen molar-refractivity contribution in [2.75, 3.05) is 0 Å². The van der Waals surface area contributed by atoms with Crippen LogP contribution in [0.5, 0.6) is 0 Å². The van der Waals surface area contributed by atoms with Gasteiger partial charge in [-0.3, -0.25) is 14.5 Å². The van der Waals surface area contributed by atoms with Gasteiger partial charge in [0.05, 0.1) is 6.04 Å². The molecule has 24 heavy (non-hydrogen) atoms. The van der Waals surface area contributed by atoms with Crippen LogP contribution in [0.3, 0.4) is 0 Å². The molecular formula is C19H33NO3Si. The summed E-state index contributed by atoms with van der Waals surface area (Å²) in [6.07, 6.45) is 2.59. The lowest BCUT2D eigenvalue weighted by molar-refractivity contribution is -0.167. The molecule has 0 N–H and O–H groups in total. The first-order valence-electron chi connectivity index (χ1n) is 8.82. The average molecular weight is 352 g/mol. The van der Waals surface area contributed by atoms with E-state index >= 15 is 0 Å². The number of rotatable bonds is 7. The zero-order chi connectivity index (χ0) is 18.8. The number of imide groups is 1. The smallest absolute Gasteiger partial charge is 0.260 e. The minimum Gasteiger partial charge on any atom is -0.402 e. The number of carbonyl (C=O) groups is 2. The number of β-lactam (4-membered cyclic amide) rings is 1. The fourth-order valence-electron chi connectivity index (χ4n) is 4.09. The number of amides is 2. The van der Waals surface area contributed by atoms with Crippen LogP contribution in [0.2, 0.25) is 16.6 Å². The predicted octanol–water partition coefficient (Wildman–Crippen LogP) is 4.44. The summed E-state index contributed by atoms with van der Waals surface area (Å²) in [5, 5.41) is 0. The molecule has 1 rings (SSSR count). The lowest BCUT2D eigenvalue weighted by Gasteiger charge is -2.51. The van der Waals surface area contributed by atoms with Gasteiger partial charge in [-0.25, -0.2) is 0 Å². The van der Waals surface area contributed by atoms with Gasteiger partial charge in [-0.15, -0.1) is 0 Å². The maximum Gasteiger partial charge on any atom is 0.260 e. The van der Waals surface area contributed by atoms with Crippen molar-refractivity contribution in [2.24, 2.45) is 0 Å². The first kappa shape index (κ1) is 20.8. The zero-order valence-electron chi connectivity index (χ0n) is 16.4. The van der Waals surface area contributed by atoms with Crippen LogP contribution in [0.4, 0.5) is 0 Å². The summed E-state index contributed by atoms with van der Waals surface area (Å²) in [7, 11) is -2.18. The van der Waals surface area contributed by atoms with E-state index in [4.69, 9.17) is 4.43 Å². The minimum atomic E-state index is -2.18. The van der Waals surface area contributed by atoms with Gasteiger partial charge in [0, 0.05) is 0 Å². The number of nitrogens with zero attached hydrogens (tertiary/aromatic N) is 1. The van der Waals surface area contributed by atoms with Crippen molar-refractivity contribution >= 4 is 20.1 Å². The molecule has 0 aliphatic carbocycles. The van der Waals surface area contributed by atoms with E-state index in [-0.39, 0.29) is 17.9 Å². The molecule has 5 heteroatoms. The van der Waals surface area contributed by atoms with Crippen molar-refractivity contribution in [3.8, 4) is 0 Å². The van der Waals surface area contributed by atoms with Crippen LogP contribution >= 0.6 is 0 Å². The van der Waals surface area contributed by atoms with Gasteiger partial charge in [0.25, 0.3) is 11.8 Å². The predicted molar refractivity (Wildman–Crippen MR) is 101 cm³/mol. The van der Waals surface area contributed by atoms with E-state index in [1.165, 1.54) is 11.0 Å². The van der Waals surface area contributed by atoms with E-state index in [1.807, 2.05) is 19.9 Å². The topological polar surface area (TPSA) is 46.6 Å². The Kier molecular flexibility index (Phi) is 6.76. The molecule has 0 radical (unpaired) electrons. The Balaban J connectivity index is 3.23. The van der Waals surface area contributed by atoms with E-state index in [9.17, 15) is 9.59 Å². The molecule has 0 bridgehead atoms. The van der Waals surface area contributed by atoms with E-state index in [0.29, 0.717) is 16.6 Å². The van der Waals surface area contributed by atoms with Crippen LogP contribution in [-0.2, 0) is 14.0 Å². The number of likely N-dealkylation sites (tertiary alicyclic amines) is 1. The molecule has 1 aliphatic rings. The van der Waals surface area contributed by atoms with Gasteiger partial charge in [-0.05, 0) is 36.5 Å². The van der Waals surface area contributed by atoms with Gasteiger partial charge in [-0.1, -0.05) is 59.8 Å². The monoisotopic (exact) mass is 351 g/mol. The van der Waals surface area contributed by atoms with Gasteiger partial charge >= 0.3 is 0 Å². The number of hydrogen-bond acceptors (Lipinski definition) is 3. The summed E-state index contributed by atoms with van der Waals surface area (Å²) in [5.41, 5.74) is 2.24. The Morgan fingerprint density at radius 2 is 1.58 bits per heavy atom. The van der Waals surface area contributed by atoms with Crippen molar-refractivity contribution < 1.29 is 14.0 Å².